The lowest BCUT2D eigenvalue weighted by Crippen LogP contribution is -2.47. The van der Waals surface area contributed by atoms with E-state index < -0.39 is 0 Å². The first-order valence-corrected chi connectivity index (χ1v) is 10.3. The average Bonchev–Trinajstić information content (AvgIpc) is 3.38. The van der Waals surface area contributed by atoms with Gasteiger partial charge in [-0.1, -0.05) is 0 Å². The second-order valence-electron chi connectivity index (χ2n) is 7.97. The van der Waals surface area contributed by atoms with Crippen LogP contribution in [-0.4, -0.2) is 41.3 Å². The molecular weight excluding hydrogens is 332 g/mol. The van der Waals surface area contributed by atoms with Crippen LogP contribution in [0.1, 0.15) is 42.6 Å². The van der Waals surface area contributed by atoms with Gasteiger partial charge in [-0.25, -0.2) is 0 Å². The molecule has 1 saturated carbocycles. The first kappa shape index (κ1) is 15.8. The molecule has 1 aromatic carbocycles. The lowest BCUT2D eigenvalue weighted by molar-refractivity contribution is 0.0440. The summed E-state index contributed by atoms with van der Waals surface area (Å²) in [6.07, 6.45) is 5.76. The van der Waals surface area contributed by atoms with Gasteiger partial charge in [0.05, 0.1) is 11.3 Å². The zero-order valence-corrected chi connectivity index (χ0v) is 15.3. The highest BCUT2D eigenvalue weighted by molar-refractivity contribution is 7.13. The number of piperidine rings is 3. The Morgan fingerprint density at radius 1 is 1.24 bits per heavy atom. The van der Waals surface area contributed by atoms with E-state index in [2.05, 4.69) is 9.27 Å². The van der Waals surface area contributed by atoms with Gasteiger partial charge in [0.15, 0.2) is 5.78 Å². The quantitative estimate of drug-likeness (QED) is 0.734. The fourth-order valence-electron chi connectivity index (χ4n) is 4.36. The van der Waals surface area contributed by atoms with Gasteiger partial charge in [-0.05, 0) is 86.3 Å². The monoisotopic (exact) mass is 356 g/mol. The molecule has 3 saturated heterocycles. The summed E-state index contributed by atoms with van der Waals surface area (Å²) in [5.41, 5.74) is 0.671. The van der Waals surface area contributed by atoms with Crippen LogP contribution in [0.25, 0.3) is 10.1 Å². The molecule has 6 rings (SSSR count). The predicted octanol–water partition coefficient (Wildman–Crippen LogP) is 4.00. The Morgan fingerprint density at radius 2 is 2.08 bits per heavy atom. The molecule has 0 unspecified atom stereocenters. The third-order valence-electron chi connectivity index (χ3n) is 6.13. The smallest absolute Gasteiger partial charge is 0.183 e. The van der Waals surface area contributed by atoms with Crippen LogP contribution in [0.4, 0.5) is 0 Å². The Morgan fingerprint density at radius 3 is 2.80 bits per heavy atom. The Hall–Kier alpha value is -1.46. The molecule has 1 atom stereocenters. The summed E-state index contributed by atoms with van der Waals surface area (Å²) >= 11 is 1.42. The van der Waals surface area contributed by atoms with Gasteiger partial charge in [0.2, 0.25) is 0 Å². The Bertz CT molecular complexity index is 790. The topological polar surface area (TPSA) is 42.4 Å². The van der Waals surface area contributed by atoms with Crippen molar-refractivity contribution in [2.24, 2.45) is 17.8 Å². The van der Waals surface area contributed by atoms with Crippen molar-refractivity contribution in [3.8, 4) is 5.75 Å². The molecule has 4 heterocycles. The van der Waals surface area contributed by atoms with Gasteiger partial charge < -0.3 is 9.64 Å². The molecule has 3 aliphatic heterocycles. The van der Waals surface area contributed by atoms with Crippen LogP contribution >= 0.6 is 11.5 Å². The highest BCUT2D eigenvalue weighted by Crippen LogP contribution is 2.36. The number of rotatable bonds is 6. The van der Waals surface area contributed by atoms with Crippen LogP contribution in [0, 0.1) is 17.8 Å². The molecule has 2 aromatic rings. The molecule has 0 amide bonds. The number of carbonyl (C=O) groups excluding carboxylic acids is 1. The molecule has 1 aliphatic carbocycles. The maximum absolute atomic E-state index is 12.9. The van der Waals surface area contributed by atoms with Crippen molar-refractivity contribution in [2.45, 2.75) is 32.1 Å². The van der Waals surface area contributed by atoms with Crippen molar-refractivity contribution in [2.75, 3.05) is 26.2 Å². The van der Waals surface area contributed by atoms with E-state index in [1.165, 1.54) is 50.3 Å². The minimum Gasteiger partial charge on any atom is -0.493 e. The summed E-state index contributed by atoms with van der Waals surface area (Å²) in [4.78, 5) is 15.4. The zero-order chi connectivity index (χ0) is 16.8. The number of hydrogen-bond donors (Lipinski definition) is 0. The fraction of sp³-hybridized carbons (Fsp3) is 0.600. The summed E-state index contributed by atoms with van der Waals surface area (Å²) in [6.45, 7) is 4.35. The molecule has 0 spiro atoms. The van der Waals surface area contributed by atoms with Crippen molar-refractivity contribution in [3.63, 3.8) is 0 Å². The van der Waals surface area contributed by atoms with Gasteiger partial charge in [0, 0.05) is 18.4 Å². The molecule has 1 aromatic heterocycles. The second-order valence-corrected chi connectivity index (χ2v) is 8.77. The van der Waals surface area contributed by atoms with Crippen LogP contribution in [0.5, 0.6) is 5.75 Å². The van der Waals surface area contributed by atoms with Crippen molar-refractivity contribution >= 4 is 27.4 Å². The van der Waals surface area contributed by atoms with E-state index in [0.717, 1.165) is 40.8 Å². The van der Waals surface area contributed by atoms with Crippen LogP contribution < -0.4 is 4.74 Å². The first-order chi connectivity index (χ1) is 12.3. The highest BCUT2D eigenvalue weighted by Gasteiger charge is 2.35. The van der Waals surface area contributed by atoms with Gasteiger partial charge >= 0.3 is 0 Å². The lowest BCUT2D eigenvalue weighted by atomic mass is 9.76. The summed E-state index contributed by atoms with van der Waals surface area (Å²) in [5.74, 6) is 3.13. The molecule has 4 nitrogen and oxygen atoms in total. The normalized spacial score (nSPS) is 28.4. The maximum atomic E-state index is 12.9. The molecule has 4 aliphatic rings. The Balaban J connectivity index is 1.30. The van der Waals surface area contributed by atoms with E-state index >= 15 is 0 Å². The maximum Gasteiger partial charge on any atom is 0.183 e. The molecule has 4 fully saturated rings. The molecule has 132 valence electrons. The van der Waals surface area contributed by atoms with Crippen molar-refractivity contribution < 1.29 is 9.53 Å². The number of ketones is 1. The van der Waals surface area contributed by atoms with Gasteiger partial charge in [-0.2, -0.15) is 4.37 Å². The Labute approximate surface area is 152 Å². The largest absolute Gasteiger partial charge is 0.493 e. The molecule has 2 bridgehead atoms. The SMILES string of the molecule is O=C(C[C@@H]1CN2CCC1CC2)c1nsc2cc(OCC3CC3)ccc12. The van der Waals surface area contributed by atoms with Crippen LogP contribution in [-0.2, 0) is 0 Å². The number of hydrogen-bond acceptors (Lipinski definition) is 5. The predicted molar refractivity (Wildman–Crippen MR) is 99.4 cm³/mol. The molecule has 25 heavy (non-hydrogen) atoms. The number of Topliss-reactive ketones (excluding diaryl/α,β-unsaturated/α-hetero) is 1. The summed E-state index contributed by atoms with van der Waals surface area (Å²) in [5, 5.41) is 0.995. The standard InChI is InChI=1S/C20H24N2O2S/c23-18(9-15-11-22-7-5-14(15)6-8-22)20-17-4-3-16(10-19(17)25-21-20)24-12-13-1-2-13/h3-4,10,13-15H,1-2,5-9,11-12H2/t15-/m1/s1. The van der Waals surface area contributed by atoms with Gasteiger partial charge in [0.25, 0.3) is 0 Å². The van der Waals surface area contributed by atoms with Gasteiger partial charge in [0.1, 0.15) is 11.4 Å². The third kappa shape index (κ3) is 3.20. The number of fused-ring (bicyclic) bond motifs is 4. The minimum absolute atomic E-state index is 0.219. The third-order valence-corrected chi connectivity index (χ3v) is 6.94. The summed E-state index contributed by atoms with van der Waals surface area (Å²) in [6, 6.07) is 6.05. The molecule has 5 heteroatoms. The number of carbonyl (C=O) groups is 1. The number of nitrogens with zero attached hydrogens (tertiary/aromatic N) is 2. The molecule has 0 N–H and O–H groups in total. The summed E-state index contributed by atoms with van der Waals surface area (Å²) in [7, 11) is 0. The van der Waals surface area contributed by atoms with E-state index in [-0.39, 0.29) is 5.78 Å². The Kier molecular flexibility index (Phi) is 4.01. The van der Waals surface area contributed by atoms with E-state index in [1.54, 1.807) is 0 Å². The first-order valence-electron chi connectivity index (χ1n) is 9.54. The van der Waals surface area contributed by atoms with E-state index in [9.17, 15) is 4.79 Å². The van der Waals surface area contributed by atoms with E-state index in [0.29, 0.717) is 18.0 Å². The van der Waals surface area contributed by atoms with Crippen molar-refractivity contribution in [1.82, 2.24) is 9.27 Å². The zero-order valence-electron chi connectivity index (χ0n) is 14.4. The van der Waals surface area contributed by atoms with E-state index in [4.69, 9.17) is 4.74 Å². The molecular formula is C20H24N2O2S. The average molecular weight is 356 g/mol. The highest BCUT2D eigenvalue weighted by atomic mass is 32.1. The van der Waals surface area contributed by atoms with Crippen molar-refractivity contribution in [3.05, 3.63) is 23.9 Å². The minimum atomic E-state index is 0.219. The molecule has 0 radical (unpaired) electrons. The number of ether oxygens (including phenoxy) is 1. The van der Waals surface area contributed by atoms with Crippen LogP contribution in [0.3, 0.4) is 0 Å². The van der Waals surface area contributed by atoms with Crippen molar-refractivity contribution in [1.29, 1.82) is 0 Å². The van der Waals surface area contributed by atoms with Crippen LogP contribution in [0.2, 0.25) is 0 Å². The lowest BCUT2D eigenvalue weighted by Gasteiger charge is -2.44. The van der Waals surface area contributed by atoms with E-state index in [1.807, 2.05) is 18.2 Å². The summed E-state index contributed by atoms with van der Waals surface area (Å²) < 4.78 is 11.4. The second kappa shape index (κ2) is 6.36. The van der Waals surface area contributed by atoms with Gasteiger partial charge in [-0.15, -0.1) is 0 Å². The number of aromatic nitrogens is 1. The number of benzene rings is 1. The van der Waals surface area contributed by atoms with Crippen LogP contribution in [0.15, 0.2) is 18.2 Å². The van der Waals surface area contributed by atoms with Gasteiger partial charge in [-0.3, -0.25) is 4.79 Å². The fourth-order valence-corrected chi connectivity index (χ4v) is 5.18.